The number of aromatic amines is 1. The number of thiophene rings is 1. The number of rotatable bonds is 2. The van der Waals surface area contributed by atoms with Gasteiger partial charge in [0.25, 0.3) is 0 Å². The molecule has 0 radical (unpaired) electrons. The second-order valence-corrected chi connectivity index (χ2v) is 4.59. The van der Waals surface area contributed by atoms with Crippen molar-refractivity contribution in [2.75, 3.05) is 12.8 Å². The molecule has 0 aliphatic heterocycles. The van der Waals surface area contributed by atoms with E-state index in [0.717, 1.165) is 27.5 Å². The Morgan fingerprint density at radius 1 is 1.35 bits per heavy atom. The maximum atomic E-state index is 5.91. The first-order valence-electron chi connectivity index (χ1n) is 5.15. The zero-order chi connectivity index (χ0) is 11.8. The van der Waals surface area contributed by atoms with Crippen LogP contribution >= 0.6 is 11.3 Å². The minimum atomic E-state index is 0.653. The number of H-pyrrole nitrogens is 1. The molecule has 2 aromatic heterocycles. The van der Waals surface area contributed by atoms with Crippen LogP contribution in [0.2, 0.25) is 0 Å². The molecular weight excluding hydrogens is 234 g/mol. The highest BCUT2D eigenvalue weighted by Crippen LogP contribution is 2.32. The van der Waals surface area contributed by atoms with Gasteiger partial charge in [-0.2, -0.15) is 0 Å². The van der Waals surface area contributed by atoms with Gasteiger partial charge < -0.3 is 15.5 Å². The van der Waals surface area contributed by atoms with Crippen LogP contribution in [0.4, 0.5) is 5.69 Å². The van der Waals surface area contributed by atoms with Gasteiger partial charge in [0, 0.05) is 0 Å². The lowest BCUT2D eigenvalue weighted by atomic mass is 10.2. The van der Waals surface area contributed by atoms with Crippen molar-refractivity contribution in [1.82, 2.24) is 9.97 Å². The number of nitrogens with two attached hydrogens (primary N) is 1. The Bertz CT molecular complexity index is 658. The maximum Gasteiger partial charge on any atom is 0.148 e. The average molecular weight is 245 g/mol. The Morgan fingerprint density at radius 2 is 2.24 bits per heavy atom. The van der Waals surface area contributed by atoms with Crippen LogP contribution < -0.4 is 10.5 Å². The highest BCUT2D eigenvalue weighted by Gasteiger charge is 2.12. The molecule has 0 saturated heterocycles. The summed E-state index contributed by atoms with van der Waals surface area (Å²) in [5.74, 6) is 1.58. The number of ether oxygens (including phenoxy) is 1. The summed E-state index contributed by atoms with van der Waals surface area (Å²) in [6.45, 7) is 0. The number of anilines is 1. The van der Waals surface area contributed by atoms with Crippen molar-refractivity contribution < 1.29 is 4.74 Å². The Labute approximate surface area is 102 Å². The third kappa shape index (κ3) is 1.55. The van der Waals surface area contributed by atoms with E-state index in [1.54, 1.807) is 24.5 Å². The van der Waals surface area contributed by atoms with Gasteiger partial charge in [0.2, 0.25) is 0 Å². The second-order valence-electron chi connectivity index (χ2n) is 3.64. The summed E-state index contributed by atoms with van der Waals surface area (Å²) in [6.07, 6.45) is 0. The van der Waals surface area contributed by atoms with E-state index in [4.69, 9.17) is 10.5 Å². The summed E-state index contributed by atoms with van der Waals surface area (Å²) in [7, 11) is 1.64. The van der Waals surface area contributed by atoms with Gasteiger partial charge in [-0.05, 0) is 23.6 Å². The number of nitrogen functional groups attached to an aromatic ring is 1. The summed E-state index contributed by atoms with van der Waals surface area (Å²) in [6, 6.07) is 7.66. The molecule has 0 fully saturated rings. The normalized spacial score (nSPS) is 10.9. The molecule has 0 atom stereocenters. The molecule has 2 heterocycles. The lowest BCUT2D eigenvalue weighted by Gasteiger charge is -2.01. The molecule has 0 bridgehead atoms. The van der Waals surface area contributed by atoms with Gasteiger partial charge in [-0.25, -0.2) is 4.98 Å². The summed E-state index contributed by atoms with van der Waals surface area (Å²) >= 11 is 1.64. The molecule has 3 aromatic rings. The zero-order valence-electron chi connectivity index (χ0n) is 9.23. The van der Waals surface area contributed by atoms with Crippen molar-refractivity contribution in [3.8, 4) is 16.5 Å². The fraction of sp³-hybridized carbons (Fsp3) is 0.0833. The van der Waals surface area contributed by atoms with Crippen LogP contribution in [-0.4, -0.2) is 17.1 Å². The minimum absolute atomic E-state index is 0.653. The van der Waals surface area contributed by atoms with Crippen molar-refractivity contribution in [2.24, 2.45) is 0 Å². The molecule has 0 unspecified atom stereocenters. The lowest BCUT2D eigenvalue weighted by Crippen LogP contribution is -1.89. The molecular formula is C12H11N3OS. The molecule has 0 amide bonds. The molecule has 1 aromatic carbocycles. The topological polar surface area (TPSA) is 63.9 Å². The fourth-order valence-electron chi connectivity index (χ4n) is 1.79. The predicted molar refractivity (Wildman–Crippen MR) is 70.4 cm³/mol. The Morgan fingerprint density at radius 3 is 2.94 bits per heavy atom. The van der Waals surface area contributed by atoms with Gasteiger partial charge in [-0.3, -0.25) is 0 Å². The van der Waals surface area contributed by atoms with Crippen LogP contribution in [0.15, 0.2) is 29.6 Å². The Kier molecular flexibility index (Phi) is 2.26. The molecule has 3 N–H and O–H groups in total. The number of imidazole rings is 1. The molecule has 0 spiro atoms. The zero-order valence-corrected chi connectivity index (χ0v) is 10.0. The first kappa shape index (κ1) is 10.2. The molecule has 86 valence electrons. The molecule has 0 aliphatic rings. The van der Waals surface area contributed by atoms with E-state index in [2.05, 4.69) is 9.97 Å². The Hall–Kier alpha value is -2.01. The van der Waals surface area contributed by atoms with Gasteiger partial charge in [0.05, 0.1) is 17.7 Å². The van der Waals surface area contributed by atoms with Crippen molar-refractivity contribution >= 4 is 28.1 Å². The molecule has 0 aliphatic carbocycles. The summed E-state index contributed by atoms with van der Waals surface area (Å²) in [5.41, 5.74) is 8.17. The second kappa shape index (κ2) is 3.78. The minimum Gasteiger partial charge on any atom is -0.494 e. The highest BCUT2D eigenvalue weighted by molar-refractivity contribution is 7.13. The number of benzene rings is 1. The fourth-order valence-corrected chi connectivity index (χ4v) is 2.46. The van der Waals surface area contributed by atoms with E-state index in [-0.39, 0.29) is 0 Å². The molecule has 4 nitrogen and oxygen atoms in total. The number of fused-ring (bicyclic) bond motifs is 1. The van der Waals surface area contributed by atoms with Crippen LogP contribution in [0.5, 0.6) is 5.75 Å². The number of methoxy groups -OCH3 is 1. The van der Waals surface area contributed by atoms with Crippen molar-refractivity contribution in [3.05, 3.63) is 29.6 Å². The van der Waals surface area contributed by atoms with E-state index in [1.165, 1.54) is 0 Å². The van der Waals surface area contributed by atoms with E-state index in [0.29, 0.717) is 5.69 Å². The van der Waals surface area contributed by atoms with Gasteiger partial charge in [0.1, 0.15) is 22.6 Å². The Balaban J connectivity index is 2.28. The monoisotopic (exact) mass is 245 g/mol. The van der Waals surface area contributed by atoms with Crippen molar-refractivity contribution in [1.29, 1.82) is 0 Å². The molecule has 17 heavy (non-hydrogen) atoms. The number of hydrogen-bond donors (Lipinski definition) is 2. The van der Waals surface area contributed by atoms with E-state index in [1.807, 2.05) is 23.6 Å². The first-order valence-corrected chi connectivity index (χ1v) is 6.03. The van der Waals surface area contributed by atoms with E-state index < -0.39 is 0 Å². The molecule has 0 saturated carbocycles. The van der Waals surface area contributed by atoms with Gasteiger partial charge >= 0.3 is 0 Å². The lowest BCUT2D eigenvalue weighted by molar-refractivity contribution is 0.419. The van der Waals surface area contributed by atoms with Crippen LogP contribution in [0.1, 0.15) is 0 Å². The van der Waals surface area contributed by atoms with E-state index in [9.17, 15) is 0 Å². The van der Waals surface area contributed by atoms with Gasteiger partial charge in [0.15, 0.2) is 0 Å². The summed E-state index contributed by atoms with van der Waals surface area (Å²) in [4.78, 5) is 8.85. The van der Waals surface area contributed by atoms with Crippen molar-refractivity contribution in [3.63, 3.8) is 0 Å². The molecule has 3 rings (SSSR count). The van der Waals surface area contributed by atoms with E-state index >= 15 is 0 Å². The SMILES string of the molecule is COc1ccc(N)c2nc(-c3cccs3)[nH]c12. The number of nitrogens with one attached hydrogen (secondary N) is 1. The number of hydrogen-bond acceptors (Lipinski definition) is 4. The highest BCUT2D eigenvalue weighted by atomic mass is 32.1. The number of nitrogens with zero attached hydrogens (tertiary/aromatic N) is 1. The van der Waals surface area contributed by atoms with Crippen LogP contribution in [0.3, 0.4) is 0 Å². The number of aromatic nitrogens is 2. The van der Waals surface area contributed by atoms with Crippen LogP contribution in [0, 0.1) is 0 Å². The van der Waals surface area contributed by atoms with Gasteiger partial charge in [-0.1, -0.05) is 6.07 Å². The van der Waals surface area contributed by atoms with Crippen LogP contribution in [0.25, 0.3) is 21.7 Å². The first-order chi connectivity index (χ1) is 8.29. The predicted octanol–water partition coefficient (Wildman–Crippen LogP) is 2.88. The summed E-state index contributed by atoms with van der Waals surface area (Å²) in [5, 5.41) is 2.02. The van der Waals surface area contributed by atoms with Gasteiger partial charge in [-0.15, -0.1) is 11.3 Å². The molecule has 5 heteroatoms. The maximum absolute atomic E-state index is 5.91. The smallest absolute Gasteiger partial charge is 0.148 e. The standard InChI is InChI=1S/C12H11N3OS/c1-16-8-5-4-7(13)10-11(8)15-12(14-10)9-3-2-6-17-9/h2-6H,13H2,1H3,(H,14,15). The third-order valence-electron chi connectivity index (χ3n) is 2.61. The van der Waals surface area contributed by atoms with Crippen LogP contribution in [-0.2, 0) is 0 Å². The summed E-state index contributed by atoms with van der Waals surface area (Å²) < 4.78 is 5.29. The quantitative estimate of drug-likeness (QED) is 0.682. The van der Waals surface area contributed by atoms with Crippen molar-refractivity contribution in [2.45, 2.75) is 0 Å². The largest absolute Gasteiger partial charge is 0.494 e. The third-order valence-corrected chi connectivity index (χ3v) is 3.49. The average Bonchev–Trinajstić information content (AvgIpc) is 2.98.